The van der Waals surface area contributed by atoms with Gasteiger partial charge in [-0.1, -0.05) is 47.2 Å². The van der Waals surface area contributed by atoms with Crippen molar-refractivity contribution in [3.63, 3.8) is 0 Å². The maximum atomic E-state index is 12.7. The number of amides is 1. The molecule has 0 spiro atoms. The summed E-state index contributed by atoms with van der Waals surface area (Å²) >= 11 is 7.35. The second kappa shape index (κ2) is 5.85. The second-order valence-electron chi connectivity index (χ2n) is 5.38. The molecule has 0 N–H and O–H groups in total. The van der Waals surface area contributed by atoms with Crippen LogP contribution in [0.15, 0.2) is 59.2 Å². The lowest BCUT2D eigenvalue weighted by Gasteiger charge is -2.06. The van der Waals surface area contributed by atoms with E-state index in [0.717, 1.165) is 15.8 Å². The van der Waals surface area contributed by atoms with Crippen LogP contribution in [0.1, 0.15) is 12.5 Å². The molecule has 0 saturated carbocycles. The Balaban J connectivity index is 1.70. The third-order valence-corrected chi connectivity index (χ3v) is 4.97. The zero-order valence-corrected chi connectivity index (χ0v) is 14.3. The maximum absolute atomic E-state index is 12.7. The van der Waals surface area contributed by atoms with E-state index in [4.69, 9.17) is 11.6 Å². The van der Waals surface area contributed by atoms with Crippen molar-refractivity contribution in [3.8, 4) is 0 Å². The van der Waals surface area contributed by atoms with E-state index in [1.54, 1.807) is 12.1 Å². The number of hydrogen-bond donors (Lipinski definition) is 0. The summed E-state index contributed by atoms with van der Waals surface area (Å²) in [6.45, 7) is 1.83. The number of thiazole rings is 1. The Hall–Kier alpha value is -2.50. The van der Waals surface area contributed by atoms with Crippen LogP contribution in [0.5, 0.6) is 0 Å². The molecule has 0 atom stereocenters. The first-order valence-electron chi connectivity index (χ1n) is 7.35. The fourth-order valence-electron chi connectivity index (χ4n) is 2.49. The van der Waals surface area contributed by atoms with Crippen LogP contribution in [0.4, 0.5) is 5.13 Å². The van der Waals surface area contributed by atoms with E-state index < -0.39 is 0 Å². The van der Waals surface area contributed by atoms with Crippen LogP contribution in [0, 0.1) is 0 Å². The van der Waals surface area contributed by atoms with Crippen LogP contribution in [0.25, 0.3) is 16.3 Å². The Kier molecular flexibility index (Phi) is 3.67. The molecule has 1 aliphatic heterocycles. The van der Waals surface area contributed by atoms with Crippen molar-refractivity contribution in [1.29, 1.82) is 0 Å². The molecule has 2 heterocycles. The molecule has 24 heavy (non-hydrogen) atoms. The number of anilines is 1. The lowest BCUT2D eigenvalue weighted by atomic mass is 10.1. The van der Waals surface area contributed by atoms with Gasteiger partial charge in [0.15, 0.2) is 0 Å². The Morgan fingerprint density at radius 2 is 1.88 bits per heavy atom. The van der Waals surface area contributed by atoms with Gasteiger partial charge in [0.1, 0.15) is 0 Å². The summed E-state index contributed by atoms with van der Waals surface area (Å²) in [7, 11) is 0. The summed E-state index contributed by atoms with van der Waals surface area (Å²) in [6.07, 6.45) is 1.82. The standard InChI is InChI=1S/C18H12ClN3OS/c1-11-14(10-12-6-8-13(19)9-7-12)17(23)22(21-11)18-20-15-4-2-3-5-16(15)24-18/h2-10H,1H3/b14-10+. The maximum Gasteiger partial charge on any atom is 0.282 e. The Labute approximate surface area is 147 Å². The minimum atomic E-state index is -0.165. The molecule has 1 aromatic heterocycles. The van der Waals surface area contributed by atoms with Gasteiger partial charge in [-0.25, -0.2) is 4.98 Å². The summed E-state index contributed by atoms with van der Waals surface area (Å²) in [6, 6.07) is 15.1. The monoisotopic (exact) mass is 353 g/mol. The number of nitrogens with zero attached hydrogens (tertiary/aromatic N) is 3. The smallest absolute Gasteiger partial charge is 0.267 e. The lowest BCUT2D eigenvalue weighted by Crippen LogP contribution is -2.21. The number of hydrazone groups is 1. The topological polar surface area (TPSA) is 45.6 Å². The van der Waals surface area contributed by atoms with Crippen LogP contribution in [0.3, 0.4) is 0 Å². The SMILES string of the molecule is CC1=NN(c2nc3ccccc3s2)C(=O)/C1=C/c1ccc(Cl)cc1. The summed E-state index contributed by atoms with van der Waals surface area (Å²) in [5.74, 6) is -0.165. The fourth-order valence-corrected chi connectivity index (χ4v) is 3.53. The summed E-state index contributed by atoms with van der Waals surface area (Å²) < 4.78 is 1.03. The molecule has 0 unspecified atom stereocenters. The third kappa shape index (κ3) is 2.62. The van der Waals surface area contributed by atoms with Crippen LogP contribution >= 0.6 is 22.9 Å². The van der Waals surface area contributed by atoms with Crippen LogP contribution in [-0.4, -0.2) is 16.6 Å². The van der Waals surface area contributed by atoms with E-state index in [9.17, 15) is 4.79 Å². The van der Waals surface area contributed by atoms with E-state index in [1.165, 1.54) is 16.3 Å². The van der Waals surface area contributed by atoms with Gasteiger partial charge in [-0.05, 0) is 42.8 Å². The molecular formula is C18H12ClN3OS. The molecule has 4 rings (SSSR count). The van der Waals surface area contributed by atoms with E-state index in [2.05, 4.69) is 10.1 Å². The number of aromatic nitrogens is 1. The molecule has 6 heteroatoms. The van der Waals surface area contributed by atoms with Crippen molar-refractivity contribution in [2.24, 2.45) is 5.10 Å². The average Bonchev–Trinajstić information content (AvgIpc) is 3.12. The van der Waals surface area contributed by atoms with Crippen molar-refractivity contribution < 1.29 is 4.79 Å². The first-order valence-corrected chi connectivity index (χ1v) is 8.54. The largest absolute Gasteiger partial charge is 0.282 e. The minimum Gasteiger partial charge on any atom is -0.267 e. The number of fused-ring (bicyclic) bond motifs is 1. The molecule has 0 saturated heterocycles. The van der Waals surface area contributed by atoms with Gasteiger partial charge in [0.25, 0.3) is 5.91 Å². The van der Waals surface area contributed by atoms with Gasteiger partial charge in [0, 0.05) is 5.02 Å². The molecule has 1 amide bonds. The zero-order chi connectivity index (χ0) is 16.7. The quantitative estimate of drug-likeness (QED) is 0.624. The molecule has 0 fully saturated rings. The third-order valence-electron chi connectivity index (χ3n) is 3.71. The van der Waals surface area contributed by atoms with Crippen molar-refractivity contribution in [3.05, 3.63) is 64.7 Å². The van der Waals surface area contributed by atoms with Gasteiger partial charge in [0.05, 0.1) is 21.5 Å². The van der Waals surface area contributed by atoms with Crippen molar-refractivity contribution in [2.75, 3.05) is 5.01 Å². The minimum absolute atomic E-state index is 0.165. The van der Waals surface area contributed by atoms with Gasteiger partial charge < -0.3 is 0 Å². The number of carbonyl (C=O) groups is 1. The van der Waals surface area contributed by atoms with Crippen molar-refractivity contribution in [1.82, 2.24) is 4.98 Å². The Morgan fingerprint density at radius 1 is 1.12 bits per heavy atom. The zero-order valence-electron chi connectivity index (χ0n) is 12.7. The first-order chi connectivity index (χ1) is 11.6. The molecule has 3 aromatic rings. The van der Waals surface area contributed by atoms with Gasteiger partial charge >= 0.3 is 0 Å². The predicted molar refractivity (Wildman–Crippen MR) is 99.6 cm³/mol. The summed E-state index contributed by atoms with van der Waals surface area (Å²) in [5, 5.41) is 7.01. The number of benzene rings is 2. The van der Waals surface area contributed by atoms with E-state index >= 15 is 0 Å². The number of halogens is 1. The van der Waals surface area contributed by atoms with Crippen LogP contribution in [-0.2, 0) is 4.79 Å². The van der Waals surface area contributed by atoms with Gasteiger partial charge in [-0.2, -0.15) is 10.1 Å². The Morgan fingerprint density at radius 3 is 2.62 bits per heavy atom. The highest BCUT2D eigenvalue weighted by atomic mass is 35.5. The summed E-state index contributed by atoms with van der Waals surface area (Å²) in [4.78, 5) is 17.3. The molecule has 0 bridgehead atoms. The van der Waals surface area contributed by atoms with Crippen LogP contribution in [0.2, 0.25) is 5.02 Å². The highest BCUT2D eigenvalue weighted by Gasteiger charge is 2.30. The molecular weight excluding hydrogens is 342 g/mol. The first kappa shape index (κ1) is 15.1. The molecule has 0 aliphatic carbocycles. The average molecular weight is 354 g/mol. The van der Waals surface area contributed by atoms with E-state index in [0.29, 0.717) is 21.4 Å². The molecule has 0 radical (unpaired) electrons. The van der Waals surface area contributed by atoms with Gasteiger partial charge in [0.2, 0.25) is 5.13 Å². The summed E-state index contributed by atoms with van der Waals surface area (Å²) in [5.41, 5.74) is 3.02. The highest BCUT2D eigenvalue weighted by molar-refractivity contribution is 7.22. The lowest BCUT2D eigenvalue weighted by molar-refractivity contribution is -0.114. The van der Waals surface area contributed by atoms with Gasteiger partial charge in [-0.15, -0.1) is 0 Å². The second-order valence-corrected chi connectivity index (χ2v) is 6.82. The number of carbonyl (C=O) groups excluding carboxylic acids is 1. The Bertz CT molecular complexity index is 972. The number of rotatable bonds is 2. The molecule has 4 nitrogen and oxygen atoms in total. The molecule has 118 valence electrons. The fraction of sp³-hybridized carbons (Fsp3) is 0.0556. The van der Waals surface area contributed by atoms with Gasteiger partial charge in [-0.3, -0.25) is 4.79 Å². The van der Waals surface area contributed by atoms with Crippen LogP contribution < -0.4 is 5.01 Å². The number of hydrogen-bond acceptors (Lipinski definition) is 4. The number of para-hydroxylation sites is 1. The normalized spacial score (nSPS) is 16.2. The van der Waals surface area contributed by atoms with E-state index in [1.807, 2.05) is 49.4 Å². The van der Waals surface area contributed by atoms with E-state index in [-0.39, 0.29) is 5.91 Å². The molecule has 1 aliphatic rings. The van der Waals surface area contributed by atoms with Crippen molar-refractivity contribution in [2.45, 2.75) is 6.92 Å². The van der Waals surface area contributed by atoms with Crippen molar-refractivity contribution >= 4 is 56.0 Å². The predicted octanol–water partition coefficient (Wildman–Crippen LogP) is 4.76. The highest BCUT2D eigenvalue weighted by Crippen LogP contribution is 2.32. The molecule has 2 aromatic carbocycles.